The van der Waals surface area contributed by atoms with E-state index in [1.807, 2.05) is 19.9 Å². The molecule has 0 unspecified atom stereocenters. The van der Waals surface area contributed by atoms with Crippen LogP contribution < -0.4 is 10.6 Å². The predicted molar refractivity (Wildman–Crippen MR) is 60.9 cm³/mol. The number of carbonyl (C=O) groups excluding carboxylic acids is 1. The monoisotopic (exact) mass is 207 g/mol. The van der Waals surface area contributed by atoms with E-state index < -0.39 is 0 Å². The summed E-state index contributed by atoms with van der Waals surface area (Å²) in [6.07, 6.45) is 2.72. The van der Waals surface area contributed by atoms with Gasteiger partial charge in [0.1, 0.15) is 5.82 Å². The minimum atomic E-state index is -0.221. The summed E-state index contributed by atoms with van der Waals surface area (Å²) in [6, 6.07) is 3.66. The molecule has 0 saturated heterocycles. The first-order valence-corrected chi connectivity index (χ1v) is 5.14. The van der Waals surface area contributed by atoms with E-state index >= 15 is 0 Å². The number of urea groups is 1. The van der Waals surface area contributed by atoms with E-state index in [1.54, 1.807) is 12.3 Å². The Morgan fingerprint density at radius 1 is 1.47 bits per heavy atom. The smallest absolute Gasteiger partial charge is 0.320 e. The fraction of sp³-hybridized carbons (Fsp3) is 0.455. The lowest BCUT2D eigenvalue weighted by atomic mass is 10.2. The van der Waals surface area contributed by atoms with Crippen LogP contribution in [0.2, 0.25) is 0 Å². The second kappa shape index (κ2) is 5.34. The van der Waals surface area contributed by atoms with Gasteiger partial charge in [0.2, 0.25) is 0 Å². The van der Waals surface area contributed by atoms with Crippen LogP contribution in [0.3, 0.4) is 0 Å². The zero-order valence-electron chi connectivity index (χ0n) is 9.37. The lowest BCUT2D eigenvalue weighted by molar-refractivity contribution is 0.250. The largest absolute Gasteiger partial charge is 0.336 e. The Labute approximate surface area is 90.1 Å². The summed E-state index contributed by atoms with van der Waals surface area (Å²) in [5.74, 6) is 0.574. The number of hydrogen-bond donors (Lipinski definition) is 2. The van der Waals surface area contributed by atoms with E-state index in [9.17, 15) is 4.79 Å². The molecule has 0 aliphatic rings. The van der Waals surface area contributed by atoms with E-state index in [0.717, 1.165) is 12.0 Å². The molecule has 0 atom stereocenters. The minimum absolute atomic E-state index is 0.125. The Bertz CT molecular complexity index is 319. The van der Waals surface area contributed by atoms with Crippen molar-refractivity contribution in [2.24, 2.45) is 0 Å². The molecule has 82 valence electrons. The molecule has 1 heterocycles. The van der Waals surface area contributed by atoms with Crippen LogP contribution in [0.5, 0.6) is 0 Å². The quantitative estimate of drug-likeness (QED) is 0.798. The van der Waals surface area contributed by atoms with Gasteiger partial charge in [-0.25, -0.2) is 9.78 Å². The van der Waals surface area contributed by atoms with Crippen molar-refractivity contribution in [3.63, 3.8) is 0 Å². The van der Waals surface area contributed by atoms with E-state index in [0.29, 0.717) is 5.82 Å². The van der Waals surface area contributed by atoms with Crippen molar-refractivity contribution in [1.29, 1.82) is 0 Å². The Morgan fingerprint density at radius 2 is 2.20 bits per heavy atom. The van der Waals surface area contributed by atoms with Crippen molar-refractivity contribution in [2.75, 3.05) is 5.32 Å². The summed E-state index contributed by atoms with van der Waals surface area (Å²) in [5.41, 5.74) is 1.16. The Balaban J connectivity index is 2.53. The van der Waals surface area contributed by atoms with Gasteiger partial charge in [-0.05, 0) is 31.9 Å². The van der Waals surface area contributed by atoms with Crippen LogP contribution in [0, 0.1) is 0 Å². The zero-order chi connectivity index (χ0) is 11.3. The van der Waals surface area contributed by atoms with Crippen molar-refractivity contribution in [1.82, 2.24) is 10.3 Å². The number of amides is 2. The molecule has 0 spiro atoms. The third-order valence-electron chi connectivity index (χ3n) is 1.89. The van der Waals surface area contributed by atoms with Gasteiger partial charge in [-0.2, -0.15) is 0 Å². The summed E-state index contributed by atoms with van der Waals surface area (Å²) in [7, 11) is 0. The van der Waals surface area contributed by atoms with Crippen molar-refractivity contribution < 1.29 is 4.79 Å². The van der Waals surface area contributed by atoms with E-state index in [4.69, 9.17) is 0 Å². The molecule has 0 aliphatic carbocycles. The average Bonchev–Trinajstić information content (AvgIpc) is 2.17. The maximum absolute atomic E-state index is 11.3. The normalized spacial score (nSPS) is 10.1. The minimum Gasteiger partial charge on any atom is -0.336 e. The van der Waals surface area contributed by atoms with Gasteiger partial charge in [-0.1, -0.05) is 13.0 Å². The summed E-state index contributed by atoms with van der Waals surface area (Å²) >= 11 is 0. The highest BCUT2D eigenvalue weighted by atomic mass is 16.2. The summed E-state index contributed by atoms with van der Waals surface area (Å²) in [5, 5.41) is 5.39. The maximum atomic E-state index is 11.3. The molecule has 4 nitrogen and oxygen atoms in total. The van der Waals surface area contributed by atoms with Gasteiger partial charge in [0.25, 0.3) is 0 Å². The molecule has 2 amide bonds. The van der Waals surface area contributed by atoms with E-state index in [2.05, 4.69) is 22.5 Å². The van der Waals surface area contributed by atoms with Gasteiger partial charge in [0.15, 0.2) is 0 Å². The molecule has 0 aliphatic heterocycles. The Morgan fingerprint density at radius 3 is 2.67 bits per heavy atom. The Hall–Kier alpha value is -1.58. The second-order valence-corrected chi connectivity index (χ2v) is 3.66. The molecular weight excluding hydrogens is 190 g/mol. The van der Waals surface area contributed by atoms with E-state index in [1.165, 1.54) is 0 Å². The topological polar surface area (TPSA) is 54.0 Å². The molecule has 1 aromatic rings. The molecule has 0 radical (unpaired) electrons. The van der Waals surface area contributed by atoms with Gasteiger partial charge >= 0.3 is 6.03 Å². The first-order chi connectivity index (χ1) is 7.11. The summed E-state index contributed by atoms with van der Waals surface area (Å²) < 4.78 is 0. The van der Waals surface area contributed by atoms with Crippen molar-refractivity contribution in [2.45, 2.75) is 33.2 Å². The number of hydrogen-bond acceptors (Lipinski definition) is 2. The van der Waals surface area contributed by atoms with Crippen LogP contribution in [0.15, 0.2) is 18.3 Å². The molecule has 15 heavy (non-hydrogen) atoms. The second-order valence-electron chi connectivity index (χ2n) is 3.66. The molecule has 4 heteroatoms. The number of nitrogens with zero attached hydrogens (tertiary/aromatic N) is 1. The number of pyridine rings is 1. The predicted octanol–water partition coefficient (Wildman–Crippen LogP) is 2.17. The number of nitrogens with one attached hydrogen (secondary N) is 2. The molecule has 0 saturated carbocycles. The SMILES string of the molecule is CCc1ccc(NC(=O)NC(C)C)nc1. The highest BCUT2D eigenvalue weighted by Crippen LogP contribution is 2.05. The molecule has 0 fully saturated rings. The molecular formula is C11H17N3O. The summed E-state index contributed by atoms with van der Waals surface area (Å²) in [6.45, 7) is 5.88. The van der Waals surface area contributed by atoms with Crippen molar-refractivity contribution in [3.8, 4) is 0 Å². The van der Waals surface area contributed by atoms with Gasteiger partial charge in [-0.3, -0.25) is 5.32 Å². The number of carbonyl (C=O) groups is 1. The lowest BCUT2D eigenvalue weighted by Crippen LogP contribution is -2.34. The van der Waals surface area contributed by atoms with Gasteiger partial charge in [-0.15, -0.1) is 0 Å². The highest BCUT2D eigenvalue weighted by molar-refractivity contribution is 5.88. The van der Waals surface area contributed by atoms with Crippen LogP contribution in [-0.2, 0) is 6.42 Å². The van der Waals surface area contributed by atoms with Crippen LogP contribution in [0.1, 0.15) is 26.3 Å². The van der Waals surface area contributed by atoms with Crippen molar-refractivity contribution in [3.05, 3.63) is 23.9 Å². The number of aromatic nitrogens is 1. The van der Waals surface area contributed by atoms with Gasteiger partial charge in [0, 0.05) is 12.2 Å². The van der Waals surface area contributed by atoms with Crippen molar-refractivity contribution >= 4 is 11.8 Å². The fourth-order valence-corrected chi connectivity index (χ4v) is 1.12. The third kappa shape index (κ3) is 3.97. The summed E-state index contributed by atoms with van der Waals surface area (Å²) in [4.78, 5) is 15.4. The molecule has 1 aromatic heterocycles. The average molecular weight is 207 g/mol. The van der Waals surface area contributed by atoms with Crippen LogP contribution in [0.4, 0.5) is 10.6 Å². The molecule has 0 aromatic carbocycles. The Kier molecular flexibility index (Phi) is 4.09. The zero-order valence-corrected chi connectivity index (χ0v) is 9.37. The lowest BCUT2D eigenvalue weighted by Gasteiger charge is -2.09. The number of aryl methyl sites for hydroxylation is 1. The number of rotatable bonds is 3. The first kappa shape index (κ1) is 11.5. The molecule has 1 rings (SSSR count). The highest BCUT2D eigenvalue weighted by Gasteiger charge is 2.03. The van der Waals surface area contributed by atoms with Gasteiger partial charge < -0.3 is 5.32 Å². The third-order valence-corrected chi connectivity index (χ3v) is 1.89. The molecule has 2 N–H and O–H groups in total. The first-order valence-electron chi connectivity index (χ1n) is 5.14. The van der Waals surface area contributed by atoms with Crippen LogP contribution in [-0.4, -0.2) is 17.1 Å². The van der Waals surface area contributed by atoms with E-state index in [-0.39, 0.29) is 12.1 Å². The maximum Gasteiger partial charge on any atom is 0.320 e. The fourth-order valence-electron chi connectivity index (χ4n) is 1.12. The number of anilines is 1. The van der Waals surface area contributed by atoms with Crippen LogP contribution >= 0.6 is 0 Å². The van der Waals surface area contributed by atoms with Gasteiger partial charge in [0.05, 0.1) is 0 Å². The standard InChI is InChI=1S/C11H17N3O/c1-4-9-5-6-10(12-7-9)14-11(15)13-8(2)3/h5-8H,4H2,1-3H3,(H2,12,13,14,15). The van der Waals surface area contributed by atoms with Crippen LogP contribution in [0.25, 0.3) is 0 Å². The molecule has 0 bridgehead atoms.